The van der Waals surface area contributed by atoms with Gasteiger partial charge in [-0.05, 0) is 68.4 Å². The molecule has 0 bridgehead atoms. The lowest BCUT2D eigenvalue weighted by atomic mass is 10.0. The van der Waals surface area contributed by atoms with Crippen molar-refractivity contribution in [3.8, 4) is 5.75 Å². The van der Waals surface area contributed by atoms with Crippen LogP contribution in [0.3, 0.4) is 0 Å². The van der Waals surface area contributed by atoms with Gasteiger partial charge in [-0.15, -0.1) is 0 Å². The van der Waals surface area contributed by atoms with Crippen molar-refractivity contribution in [3.05, 3.63) is 29.8 Å². The topological polar surface area (TPSA) is 148 Å². The molecule has 0 radical (unpaired) electrons. The van der Waals surface area contributed by atoms with E-state index in [1.165, 1.54) is 28.8 Å². The molecule has 0 saturated carbocycles. The highest BCUT2D eigenvalue weighted by Gasteiger charge is 2.39. The maximum absolute atomic E-state index is 13.6. The van der Waals surface area contributed by atoms with E-state index in [9.17, 15) is 29.4 Å². The largest absolute Gasteiger partial charge is 0.508 e. The summed E-state index contributed by atoms with van der Waals surface area (Å²) in [7, 11) is 0. The predicted molar refractivity (Wildman–Crippen MR) is 132 cm³/mol. The second kappa shape index (κ2) is 12.8. The molecule has 2 saturated heterocycles. The molecule has 1 aromatic carbocycles. The Kier molecular flexibility index (Phi) is 9.79. The molecule has 4 atom stereocenters. The molecule has 192 valence electrons. The van der Waals surface area contributed by atoms with E-state index in [1.807, 2.05) is 6.26 Å². The lowest BCUT2D eigenvalue weighted by Crippen LogP contribution is -2.57. The molecule has 5 N–H and O–H groups in total. The fraction of sp³-hybridized carbons (Fsp3) is 0.583. The summed E-state index contributed by atoms with van der Waals surface area (Å²) in [6, 6.07) is 3.34. The van der Waals surface area contributed by atoms with E-state index in [1.54, 1.807) is 12.1 Å². The Bertz CT molecular complexity index is 906. The van der Waals surface area contributed by atoms with Gasteiger partial charge in [0.15, 0.2) is 0 Å². The van der Waals surface area contributed by atoms with Crippen LogP contribution < -0.4 is 16.0 Å². The molecule has 4 unspecified atom stereocenters. The number of carboxylic acids is 1. The normalized spacial score (nSPS) is 21.3. The molecule has 10 nitrogen and oxygen atoms in total. The van der Waals surface area contributed by atoms with Gasteiger partial charge in [0.1, 0.15) is 23.9 Å². The Labute approximate surface area is 209 Å². The Morgan fingerprint density at radius 1 is 1.09 bits per heavy atom. The second-order valence-corrected chi connectivity index (χ2v) is 9.94. The van der Waals surface area contributed by atoms with Crippen molar-refractivity contribution in [2.75, 3.05) is 25.1 Å². The number of aromatic hydroxyl groups is 1. The number of hydrogen-bond acceptors (Lipinski definition) is 7. The molecule has 1 aromatic rings. The van der Waals surface area contributed by atoms with E-state index in [2.05, 4.69) is 16.0 Å². The fourth-order valence-corrected chi connectivity index (χ4v) is 4.98. The molecule has 3 rings (SSSR count). The second-order valence-electron chi connectivity index (χ2n) is 8.95. The highest BCUT2D eigenvalue weighted by atomic mass is 32.2. The van der Waals surface area contributed by atoms with Gasteiger partial charge in [0, 0.05) is 13.0 Å². The smallest absolute Gasteiger partial charge is 0.326 e. The highest BCUT2D eigenvalue weighted by molar-refractivity contribution is 7.98. The lowest BCUT2D eigenvalue weighted by Gasteiger charge is -2.30. The molecule has 0 spiro atoms. The quantitative estimate of drug-likeness (QED) is 0.291. The minimum Gasteiger partial charge on any atom is -0.508 e. The van der Waals surface area contributed by atoms with Gasteiger partial charge in [-0.2, -0.15) is 11.8 Å². The van der Waals surface area contributed by atoms with E-state index < -0.39 is 30.0 Å². The van der Waals surface area contributed by atoms with Gasteiger partial charge in [0.2, 0.25) is 17.7 Å². The summed E-state index contributed by atoms with van der Waals surface area (Å²) in [6.45, 7) is 1.09. The van der Waals surface area contributed by atoms with E-state index in [4.69, 9.17) is 0 Å². The number of likely N-dealkylation sites (tertiary alicyclic amines) is 1. The van der Waals surface area contributed by atoms with Gasteiger partial charge in [0.05, 0.1) is 6.04 Å². The molecule has 0 aliphatic carbocycles. The Balaban J connectivity index is 1.74. The van der Waals surface area contributed by atoms with Crippen LogP contribution in [-0.4, -0.2) is 88.1 Å². The van der Waals surface area contributed by atoms with Gasteiger partial charge in [0.25, 0.3) is 0 Å². The Morgan fingerprint density at radius 2 is 1.80 bits per heavy atom. The molecule has 2 aliphatic heterocycles. The first-order valence-electron chi connectivity index (χ1n) is 11.9. The van der Waals surface area contributed by atoms with Crippen LogP contribution in [0.4, 0.5) is 0 Å². The number of phenols is 1. The SMILES string of the molecule is CSCCC(NC(=O)C1CCCN1C(=O)C(Cc1ccc(O)cc1)NC(=O)C1CCCN1)C(=O)O. The molecule has 0 aromatic heterocycles. The summed E-state index contributed by atoms with van der Waals surface area (Å²) < 4.78 is 0. The van der Waals surface area contributed by atoms with Crippen LogP contribution in [-0.2, 0) is 25.6 Å². The molecular weight excluding hydrogens is 472 g/mol. The first-order chi connectivity index (χ1) is 16.8. The molecule has 2 fully saturated rings. The lowest BCUT2D eigenvalue weighted by molar-refractivity contribution is -0.145. The van der Waals surface area contributed by atoms with Crippen molar-refractivity contribution in [1.29, 1.82) is 0 Å². The minimum atomic E-state index is -1.11. The zero-order valence-electron chi connectivity index (χ0n) is 19.9. The number of carboxylic acid groups (broad SMARTS) is 1. The van der Waals surface area contributed by atoms with Gasteiger partial charge in [-0.25, -0.2) is 4.79 Å². The number of hydrogen-bond donors (Lipinski definition) is 5. The summed E-state index contributed by atoms with van der Waals surface area (Å²) in [5.41, 5.74) is 0.754. The molecule has 35 heavy (non-hydrogen) atoms. The molecule has 11 heteroatoms. The summed E-state index contributed by atoms with van der Waals surface area (Å²) >= 11 is 1.49. The van der Waals surface area contributed by atoms with E-state index in [-0.39, 0.29) is 36.4 Å². The van der Waals surface area contributed by atoms with Gasteiger partial charge < -0.3 is 31.1 Å². The zero-order valence-corrected chi connectivity index (χ0v) is 20.7. The molecular formula is C24H34N4O6S. The van der Waals surface area contributed by atoms with Crippen LogP contribution in [0.5, 0.6) is 5.75 Å². The monoisotopic (exact) mass is 506 g/mol. The minimum absolute atomic E-state index is 0.0987. The van der Waals surface area contributed by atoms with Crippen LogP contribution in [0.25, 0.3) is 0 Å². The average Bonchev–Trinajstić information content (AvgIpc) is 3.54. The highest BCUT2D eigenvalue weighted by Crippen LogP contribution is 2.21. The summed E-state index contributed by atoms with van der Waals surface area (Å²) in [5, 5.41) is 27.6. The number of benzene rings is 1. The van der Waals surface area contributed by atoms with Gasteiger partial charge in [-0.3, -0.25) is 14.4 Å². The Morgan fingerprint density at radius 3 is 2.43 bits per heavy atom. The van der Waals surface area contributed by atoms with Crippen LogP contribution in [0.15, 0.2) is 24.3 Å². The van der Waals surface area contributed by atoms with Crippen molar-refractivity contribution in [2.24, 2.45) is 0 Å². The molecule has 2 heterocycles. The van der Waals surface area contributed by atoms with Crippen LogP contribution in [0.1, 0.15) is 37.7 Å². The first-order valence-corrected chi connectivity index (χ1v) is 13.3. The average molecular weight is 507 g/mol. The number of thioether (sulfide) groups is 1. The zero-order chi connectivity index (χ0) is 25.4. The number of nitrogens with zero attached hydrogens (tertiary/aromatic N) is 1. The predicted octanol–water partition coefficient (Wildman–Crippen LogP) is 0.485. The standard InChI is InChI=1S/C24H34N4O6S/c1-35-13-10-18(24(33)34)26-22(31)20-5-3-12-28(20)23(32)19(14-15-6-8-16(29)9-7-15)27-21(30)17-4-2-11-25-17/h6-9,17-20,25,29H,2-5,10-14H2,1H3,(H,26,31)(H,27,30)(H,33,34). The summed E-state index contributed by atoms with van der Waals surface area (Å²) in [6.07, 6.45) is 4.96. The maximum atomic E-state index is 13.6. The van der Waals surface area contributed by atoms with Crippen molar-refractivity contribution < 1.29 is 29.4 Å². The Hall–Kier alpha value is -2.79. The third-order valence-electron chi connectivity index (χ3n) is 6.43. The number of rotatable bonds is 11. The number of carbonyl (C=O) groups is 4. The maximum Gasteiger partial charge on any atom is 0.326 e. The van der Waals surface area contributed by atoms with E-state index in [0.29, 0.717) is 31.6 Å². The van der Waals surface area contributed by atoms with Crippen molar-refractivity contribution >= 4 is 35.5 Å². The van der Waals surface area contributed by atoms with Crippen LogP contribution >= 0.6 is 11.8 Å². The van der Waals surface area contributed by atoms with E-state index >= 15 is 0 Å². The van der Waals surface area contributed by atoms with Crippen molar-refractivity contribution in [2.45, 2.75) is 62.7 Å². The third kappa shape index (κ3) is 7.35. The number of aliphatic carboxylic acids is 1. The number of nitrogens with one attached hydrogen (secondary N) is 3. The molecule has 2 aliphatic rings. The summed E-state index contributed by atoms with van der Waals surface area (Å²) in [5.74, 6) is -1.55. The third-order valence-corrected chi connectivity index (χ3v) is 7.08. The van der Waals surface area contributed by atoms with Crippen molar-refractivity contribution in [1.82, 2.24) is 20.9 Å². The summed E-state index contributed by atoms with van der Waals surface area (Å²) in [4.78, 5) is 52.5. The first kappa shape index (κ1) is 26.8. The number of amides is 3. The fourth-order valence-electron chi connectivity index (χ4n) is 4.51. The molecule has 3 amide bonds. The van der Waals surface area contributed by atoms with Crippen LogP contribution in [0, 0.1) is 0 Å². The van der Waals surface area contributed by atoms with E-state index in [0.717, 1.165) is 18.5 Å². The van der Waals surface area contributed by atoms with Gasteiger partial charge >= 0.3 is 5.97 Å². The van der Waals surface area contributed by atoms with Crippen molar-refractivity contribution in [3.63, 3.8) is 0 Å². The number of carbonyl (C=O) groups excluding carboxylic acids is 3. The van der Waals surface area contributed by atoms with Crippen LogP contribution in [0.2, 0.25) is 0 Å². The van der Waals surface area contributed by atoms with Gasteiger partial charge in [-0.1, -0.05) is 12.1 Å². The number of phenolic OH excluding ortho intramolecular Hbond substituents is 1.